The van der Waals surface area contributed by atoms with Crippen LogP contribution in [-0.2, 0) is 9.09 Å². The molecule has 0 rings (SSSR count). The molecule has 4 heteroatoms. The summed E-state index contributed by atoms with van der Waals surface area (Å²) in [5, 5.41) is 0. The van der Waals surface area contributed by atoms with Gasteiger partial charge in [-0.15, -0.1) is 0 Å². The van der Waals surface area contributed by atoms with Gasteiger partial charge in [0.1, 0.15) is 0 Å². The molecule has 2 atom stereocenters. The summed E-state index contributed by atoms with van der Waals surface area (Å²) in [6.45, 7) is 6.50. The van der Waals surface area contributed by atoms with Gasteiger partial charge in [-0.05, 0) is 23.6 Å². The molecule has 0 unspecified atom stereocenters. The number of rotatable bonds is 2. The minimum Gasteiger partial charge on any atom is -0.314 e. The zero-order chi connectivity index (χ0) is 9.28. The molecule has 0 saturated carbocycles. The quantitative estimate of drug-likeness (QED) is 0.635. The van der Waals surface area contributed by atoms with E-state index >= 15 is 0 Å². The van der Waals surface area contributed by atoms with E-state index in [9.17, 15) is 4.57 Å². The smallest absolute Gasteiger partial charge is 0.287 e. The minimum absolute atomic E-state index is 0.0133. The molecule has 11 heavy (non-hydrogen) atoms. The van der Waals surface area contributed by atoms with E-state index in [1.165, 1.54) is 6.66 Å². The van der Waals surface area contributed by atoms with E-state index in [1.54, 1.807) is 0 Å². The highest BCUT2D eigenvalue weighted by molar-refractivity contribution is 7.84. The highest BCUT2D eigenvalue weighted by Crippen LogP contribution is 2.51. The summed E-state index contributed by atoms with van der Waals surface area (Å²) in [5.74, 6) is 0. The highest BCUT2D eigenvalue weighted by Gasteiger charge is 2.26. The molecular formula is C7H16ClO2P. The first-order valence-corrected chi connectivity index (χ1v) is 6.56. The fourth-order valence-electron chi connectivity index (χ4n) is 0.441. The van der Waals surface area contributed by atoms with Gasteiger partial charge >= 0.3 is 0 Å². The lowest BCUT2D eigenvalue weighted by Crippen LogP contribution is -2.24. The molecule has 0 fully saturated rings. The fourth-order valence-corrected chi connectivity index (χ4v) is 1.68. The van der Waals surface area contributed by atoms with Gasteiger partial charge in [0.2, 0.25) is 0 Å². The summed E-state index contributed by atoms with van der Waals surface area (Å²) >= 11 is 5.47. The summed E-state index contributed by atoms with van der Waals surface area (Å²) in [4.78, 5) is 0. The standard InChI is InChI=1S/C7H16ClO2P/c1-6(7(2,3)4)10-11(5,8)9/h6H,1-5H3/t6-,11-/m0/s1. The minimum atomic E-state index is -2.85. The monoisotopic (exact) mass is 198 g/mol. The van der Waals surface area contributed by atoms with Crippen molar-refractivity contribution in [2.24, 2.45) is 5.41 Å². The Hall–Kier alpha value is 0.480. The Labute approximate surface area is 73.5 Å². The van der Waals surface area contributed by atoms with E-state index in [0.29, 0.717) is 0 Å². The van der Waals surface area contributed by atoms with Crippen LogP contribution >= 0.6 is 18.0 Å². The molecule has 0 heterocycles. The van der Waals surface area contributed by atoms with Gasteiger partial charge < -0.3 is 4.52 Å². The topological polar surface area (TPSA) is 26.3 Å². The normalized spacial score (nSPS) is 20.9. The van der Waals surface area contributed by atoms with Gasteiger partial charge in [-0.2, -0.15) is 0 Å². The SMILES string of the molecule is C[C@H](O[P@](C)(=O)Cl)C(C)(C)C. The third-order valence-corrected chi connectivity index (χ3v) is 2.50. The van der Waals surface area contributed by atoms with E-state index < -0.39 is 6.72 Å². The highest BCUT2D eigenvalue weighted by atomic mass is 35.7. The lowest BCUT2D eigenvalue weighted by Gasteiger charge is -2.27. The molecule has 0 bridgehead atoms. The molecule has 0 N–H and O–H groups in total. The Morgan fingerprint density at radius 2 is 1.82 bits per heavy atom. The second-order valence-corrected chi connectivity index (χ2v) is 7.41. The van der Waals surface area contributed by atoms with Crippen molar-refractivity contribution < 1.29 is 9.09 Å². The summed E-state index contributed by atoms with van der Waals surface area (Å²) in [5.41, 5.74) is -0.0133. The number of halogens is 1. The second-order valence-electron chi connectivity index (χ2n) is 3.86. The van der Waals surface area contributed by atoms with Crippen LogP contribution in [0.15, 0.2) is 0 Å². The first-order valence-electron chi connectivity index (χ1n) is 3.58. The lowest BCUT2D eigenvalue weighted by atomic mass is 9.91. The van der Waals surface area contributed by atoms with Gasteiger partial charge in [0.15, 0.2) is 0 Å². The molecule has 0 aliphatic carbocycles. The Bertz CT molecular complexity index is 168. The molecule has 0 aromatic rings. The third-order valence-electron chi connectivity index (χ3n) is 1.57. The molecule has 0 saturated heterocycles. The van der Waals surface area contributed by atoms with Crippen molar-refractivity contribution in [3.8, 4) is 0 Å². The molecule has 0 amide bonds. The van der Waals surface area contributed by atoms with Crippen LogP contribution in [0.1, 0.15) is 27.7 Å². The average Bonchev–Trinajstić information content (AvgIpc) is 1.56. The van der Waals surface area contributed by atoms with Gasteiger partial charge in [0.05, 0.1) is 6.10 Å². The van der Waals surface area contributed by atoms with Gasteiger partial charge in [-0.1, -0.05) is 20.8 Å². The zero-order valence-corrected chi connectivity index (χ0v) is 9.37. The molecular weight excluding hydrogens is 183 g/mol. The van der Waals surface area contributed by atoms with Gasteiger partial charge in [-0.3, -0.25) is 4.57 Å². The van der Waals surface area contributed by atoms with E-state index in [-0.39, 0.29) is 11.5 Å². The Kier molecular flexibility index (Phi) is 3.62. The molecule has 2 nitrogen and oxygen atoms in total. The van der Waals surface area contributed by atoms with Crippen LogP contribution in [0, 0.1) is 5.41 Å². The first kappa shape index (κ1) is 11.5. The van der Waals surface area contributed by atoms with Gasteiger partial charge in [-0.25, -0.2) is 0 Å². The lowest BCUT2D eigenvalue weighted by molar-refractivity contribution is 0.111. The summed E-state index contributed by atoms with van der Waals surface area (Å²) in [7, 11) is 0. The van der Waals surface area contributed by atoms with Crippen molar-refractivity contribution in [2.45, 2.75) is 33.8 Å². The maximum Gasteiger partial charge on any atom is 0.287 e. The van der Waals surface area contributed by atoms with Crippen LogP contribution in [0.5, 0.6) is 0 Å². The molecule has 0 aromatic carbocycles. The molecule has 0 aromatic heterocycles. The average molecular weight is 199 g/mol. The fraction of sp³-hybridized carbons (Fsp3) is 1.00. The van der Waals surface area contributed by atoms with Crippen molar-refractivity contribution in [1.82, 2.24) is 0 Å². The van der Waals surface area contributed by atoms with E-state index in [4.69, 9.17) is 15.8 Å². The molecule has 0 aliphatic rings. The maximum absolute atomic E-state index is 11.0. The largest absolute Gasteiger partial charge is 0.314 e. The molecule has 0 aliphatic heterocycles. The molecule has 0 radical (unpaired) electrons. The molecule has 0 spiro atoms. The third kappa shape index (κ3) is 5.72. The van der Waals surface area contributed by atoms with Crippen molar-refractivity contribution >= 4 is 18.0 Å². The van der Waals surface area contributed by atoms with Crippen LogP contribution in [0.4, 0.5) is 0 Å². The second kappa shape index (κ2) is 3.47. The van der Waals surface area contributed by atoms with Crippen molar-refractivity contribution in [3.05, 3.63) is 0 Å². The zero-order valence-electron chi connectivity index (χ0n) is 7.72. The van der Waals surface area contributed by atoms with Crippen LogP contribution < -0.4 is 0 Å². The van der Waals surface area contributed by atoms with Crippen LogP contribution in [0.2, 0.25) is 0 Å². The predicted molar refractivity (Wildman–Crippen MR) is 49.4 cm³/mol. The maximum atomic E-state index is 11.0. The Morgan fingerprint density at radius 1 is 1.45 bits per heavy atom. The van der Waals surface area contributed by atoms with Crippen molar-refractivity contribution in [1.29, 1.82) is 0 Å². The molecule has 68 valence electrons. The van der Waals surface area contributed by atoms with Crippen LogP contribution in [0.25, 0.3) is 0 Å². The van der Waals surface area contributed by atoms with Crippen molar-refractivity contribution in [3.63, 3.8) is 0 Å². The van der Waals surface area contributed by atoms with E-state index in [1.807, 2.05) is 27.7 Å². The van der Waals surface area contributed by atoms with Crippen molar-refractivity contribution in [2.75, 3.05) is 6.66 Å². The van der Waals surface area contributed by atoms with Crippen LogP contribution in [0.3, 0.4) is 0 Å². The van der Waals surface area contributed by atoms with Gasteiger partial charge in [0, 0.05) is 6.66 Å². The Morgan fingerprint density at radius 3 is 1.91 bits per heavy atom. The summed E-state index contributed by atoms with van der Waals surface area (Å²) in [6, 6.07) is 0. The summed E-state index contributed by atoms with van der Waals surface area (Å²) in [6.07, 6.45) is -0.0872. The first-order chi connectivity index (χ1) is 4.63. The van der Waals surface area contributed by atoms with Crippen LogP contribution in [-0.4, -0.2) is 12.8 Å². The van der Waals surface area contributed by atoms with E-state index in [0.717, 1.165) is 0 Å². The van der Waals surface area contributed by atoms with Gasteiger partial charge in [0.25, 0.3) is 6.72 Å². The Balaban J connectivity index is 4.10. The predicted octanol–water partition coefficient (Wildman–Crippen LogP) is 3.50. The summed E-state index contributed by atoms with van der Waals surface area (Å²) < 4.78 is 16.1. The van der Waals surface area contributed by atoms with E-state index in [2.05, 4.69) is 0 Å². The number of hydrogen-bond acceptors (Lipinski definition) is 2. The number of hydrogen-bond donors (Lipinski definition) is 0.